The van der Waals surface area contributed by atoms with Crippen molar-refractivity contribution in [2.45, 2.75) is 24.8 Å². The maximum absolute atomic E-state index is 14.1. The normalized spacial score (nSPS) is 11.2. The number of esters is 1. The van der Waals surface area contributed by atoms with Gasteiger partial charge in [0.15, 0.2) is 11.0 Å². The van der Waals surface area contributed by atoms with E-state index in [1.807, 2.05) is 6.92 Å². The van der Waals surface area contributed by atoms with Crippen LogP contribution in [-0.2, 0) is 17.5 Å². The Morgan fingerprint density at radius 1 is 1.29 bits per heavy atom. The van der Waals surface area contributed by atoms with E-state index in [9.17, 15) is 9.18 Å². The first-order chi connectivity index (χ1) is 14.9. The molecule has 0 fully saturated rings. The number of rotatable bonds is 6. The lowest BCUT2D eigenvalue weighted by atomic mass is 10.2. The smallest absolute Gasteiger partial charge is 0.348 e. The molecule has 0 saturated heterocycles. The number of anilines is 1. The predicted molar refractivity (Wildman–Crippen MR) is 118 cm³/mol. The number of nitrogens with zero attached hydrogens (tertiary/aromatic N) is 5. The van der Waals surface area contributed by atoms with Crippen molar-refractivity contribution in [3.05, 3.63) is 46.3 Å². The maximum Gasteiger partial charge on any atom is 0.348 e. The van der Waals surface area contributed by atoms with Gasteiger partial charge < -0.3 is 15.0 Å². The SMILES string of the molecule is CCOC(=O)c1sc2nc(CSc3nnc(-c4ccccc4F)n3C)nc(N)c2c1C. The maximum atomic E-state index is 14.1. The summed E-state index contributed by atoms with van der Waals surface area (Å²) < 4.78 is 20.9. The molecule has 0 spiro atoms. The fourth-order valence-corrected chi connectivity index (χ4v) is 4.99. The Balaban J connectivity index is 1.59. The van der Waals surface area contributed by atoms with Gasteiger partial charge in [-0.15, -0.1) is 21.5 Å². The van der Waals surface area contributed by atoms with E-state index in [0.717, 1.165) is 5.56 Å². The summed E-state index contributed by atoms with van der Waals surface area (Å²) in [6.07, 6.45) is 0. The van der Waals surface area contributed by atoms with E-state index in [1.54, 1.807) is 36.7 Å². The van der Waals surface area contributed by atoms with Crippen LogP contribution in [0.5, 0.6) is 0 Å². The van der Waals surface area contributed by atoms with Crippen LogP contribution in [0.25, 0.3) is 21.6 Å². The Kier molecular flexibility index (Phi) is 5.88. The highest BCUT2D eigenvalue weighted by Crippen LogP contribution is 2.34. The molecule has 0 bridgehead atoms. The molecule has 0 saturated carbocycles. The van der Waals surface area contributed by atoms with Gasteiger partial charge in [-0.25, -0.2) is 19.2 Å². The number of aryl methyl sites for hydroxylation is 1. The molecule has 160 valence electrons. The summed E-state index contributed by atoms with van der Waals surface area (Å²) in [4.78, 5) is 22.2. The number of aromatic nitrogens is 5. The fraction of sp³-hybridized carbons (Fsp3) is 0.250. The van der Waals surface area contributed by atoms with Gasteiger partial charge in [-0.2, -0.15) is 0 Å². The number of hydrogen-bond acceptors (Lipinski definition) is 9. The monoisotopic (exact) mass is 458 g/mol. The van der Waals surface area contributed by atoms with Crippen LogP contribution in [-0.4, -0.2) is 37.3 Å². The molecular weight excluding hydrogens is 439 g/mol. The Labute approximate surface area is 185 Å². The number of benzene rings is 1. The second-order valence-electron chi connectivity index (χ2n) is 6.62. The molecule has 0 unspecified atom stereocenters. The molecule has 3 aromatic heterocycles. The number of fused-ring (bicyclic) bond motifs is 1. The van der Waals surface area contributed by atoms with Gasteiger partial charge in [0.2, 0.25) is 0 Å². The summed E-state index contributed by atoms with van der Waals surface area (Å²) in [5.74, 6) is 0.885. The lowest BCUT2D eigenvalue weighted by Gasteiger charge is -2.05. The Morgan fingerprint density at radius 2 is 2.06 bits per heavy atom. The third kappa shape index (κ3) is 3.98. The van der Waals surface area contributed by atoms with Crippen molar-refractivity contribution in [2.24, 2.45) is 7.05 Å². The van der Waals surface area contributed by atoms with E-state index < -0.39 is 5.97 Å². The van der Waals surface area contributed by atoms with Crippen LogP contribution in [0.2, 0.25) is 0 Å². The largest absolute Gasteiger partial charge is 0.462 e. The van der Waals surface area contributed by atoms with E-state index in [0.29, 0.717) is 55.6 Å². The highest BCUT2D eigenvalue weighted by Gasteiger charge is 2.21. The Bertz CT molecular complexity index is 1290. The summed E-state index contributed by atoms with van der Waals surface area (Å²) in [5, 5.41) is 9.54. The van der Waals surface area contributed by atoms with Crippen LogP contribution in [0, 0.1) is 12.7 Å². The van der Waals surface area contributed by atoms with Gasteiger partial charge in [0.05, 0.1) is 23.3 Å². The average Bonchev–Trinajstić information content (AvgIpc) is 3.27. The number of ether oxygens (including phenoxy) is 1. The number of hydrogen-bond donors (Lipinski definition) is 1. The van der Waals surface area contributed by atoms with Crippen LogP contribution < -0.4 is 5.73 Å². The van der Waals surface area contributed by atoms with E-state index in [-0.39, 0.29) is 5.82 Å². The number of carbonyl (C=O) groups excluding carboxylic acids is 1. The summed E-state index contributed by atoms with van der Waals surface area (Å²) in [7, 11) is 1.77. The summed E-state index contributed by atoms with van der Waals surface area (Å²) >= 11 is 2.60. The zero-order chi connectivity index (χ0) is 22.1. The molecule has 8 nitrogen and oxygen atoms in total. The standard InChI is InChI=1S/C20H19FN6O2S2/c1-4-29-19(28)15-10(2)14-16(22)23-13(24-18(14)31-15)9-30-20-26-25-17(27(20)3)11-7-5-6-8-12(11)21/h5-8H,4,9H2,1-3H3,(H2,22,23,24). The number of thiophene rings is 1. The van der Waals surface area contributed by atoms with Gasteiger partial charge in [0.25, 0.3) is 0 Å². The second kappa shape index (κ2) is 8.60. The number of thioether (sulfide) groups is 1. The lowest BCUT2D eigenvalue weighted by molar-refractivity contribution is 0.0531. The summed E-state index contributed by atoms with van der Waals surface area (Å²) in [6.45, 7) is 3.86. The molecule has 0 radical (unpaired) electrons. The number of nitrogens with two attached hydrogens (primary N) is 1. The van der Waals surface area contributed by atoms with Crippen LogP contribution in [0.4, 0.5) is 10.2 Å². The number of carbonyl (C=O) groups is 1. The minimum atomic E-state index is -0.391. The lowest BCUT2D eigenvalue weighted by Crippen LogP contribution is -2.04. The van der Waals surface area contributed by atoms with Crippen molar-refractivity contribution >= 4 is 45.1 Å². The minimum Gasteiger partial charge on any atom is -0.462 e. The first-order valence-corrected chi connectivity index (χ1v) is 11.2. The van der Waals surface area contributed by atoms with E-state index in [1.165, 1.54) is 29.2 Å². The summed E-state index contributed by atoms with van der Waals surface area (Å²) in [6, 6.07) is 6.42. The Hall–Kier alpha value is -3.05. The van der Waals surface area contributed by atoms with Gasteiger partial charge >= 0.3 is 5.97 Å². The molecule has 0 aliphatic carbocycles. The first-order valence-electron chi connectivity index (χ1n) is 9.40. The fourth-order valence-electron chi connectivity index (χ4n) is 3.12. The van der Waals surface area contributed by atoms with Gasteiger partial charge in [-0.05, 0) is 31.5 Å². The van der Waals surface area contributed by atoms with Crippen molar-refractivity contribution < 1.29 is 13.9 Å². The first kappa shape index (κ1) is 21.2. The van der Waals surface area contributed by atoms with Crippen molar-refractivity contribution in [1.82, 2.24) is 24.7 Å². The van der Waals surface area contributed by atoms with E-state index >= 15 is 0 Å². The van der Waals surface area contributed by atoms with Crippen LogP contribution in [0.3, 0.4) is 0 Å². The molecular formula is C20H19FN6O2S2. The van der Waals surface area contributed by atoms with Crippen molar-refractivity contribution in [3.8, 4) is 11.4 Å². The second-order valence-corrected chi connectivity index (χ2v) is 8.56. The molecule has 11 heteroatoms. The third-order valence-electron chi connectivity index (χ3n) is 4.61. The highest BCUT2D eigenvalue weighted by atomic mass is 32.2. The molecule has 0 amide bonds. The number of nitrogen functional groups attached to an aromatic ring is 1. The summed E-state index contributed by atoms with van der Waals surface area (Å²) in [5.41, 5.74) is 7.26. The third-order valence-corrected chi connectivity index (χ3v) is 6.79. The Morgan fingerprint density at radius 3 is 2.81 bits per heavy atom. The molecule has 4 rings (SSSR count). The van der Waals surface area contributed by atoms with E-state index in [2.05, 4.69) is 20.2 Å². The van der Waals surface area contributed by atoms with Gasteiger partial charge in [0.1, 0.15) is 27.2 Å². The van der Waals surface area contributed by atoms with Crippen LogP contribution in [0.1, 0.15) is 28.0 Å². The molecule has 2 N–H and O–H groups in total. The molecule has 0 atom stereocenters. The number of halogens is 1. The topological polar surface area (TPSA) is 109 Å². The highest BCUT2D eigenvalue weighted by molar-refractivity contribution is 7.98. The average molecular weight is 459 g/mol. The van der Waals surface area contributed by atoms with Gasteiger partial charge in [0, 0.05) is 7.05 Å². The van der Waals surface area contributed by atoms with Gasteiger partial charge in [-0.3, -0.25) is 0 Å². The minimum absolute atomic E-state index is 0.294. The van der Waals surface area contributed by atoms with Crippen molar-refractivity contribution in [1.29, 1.82) is 0 Å². The quantitative estimate of drug-likeness (QED) is 0.341. The zero-order valence-electron chi connectivity index (χ0n) is 17.0. The molecule has 31 heavy (non-hydrogen) atoms. The van der Waals surface area contributed by atoms with Crippen molar-refractivity contribution in [2.75, 3.05) is 12.3 Å². The molecule has 0 aliphatic rings. The molecule has 0 aliphatic heterocycles. The zero-order valence-corrected chi connectivity index (χ0v) is 18.7. The van der Waals surface area contributed by atoms with Crippen molar-refractivity contribution in [3.63, 3.8) is 0 Å². The predicted octanol–water partition coefficient (Wildman–Crippen LogP) is 3.99. The van der Waals surface area contributed by atoms with Crippen LogP contribution >= 0.6 is 23.1 Å². The molecule has 3 heterocycles. The molecule has 1 aromatic carbocycles. The molecule has 4 aromatic rings. The van der Waals surface area contributed by atoms with Gasteiger partial charge in [-0.1, -0.05) is 23.9 Å². The van der Waals surface area contributed by atoms with Crippen LogP contribution in [0.15, 0.2) is 29.4 Å². The van der Waals surface area contributed by atoms with E-state index in [4.69, 9.17) is 10.5 Å².